The van der Waals surface area contributed by atoms with Gasteiger partial charge in [0.15, 0.2) is 11.5 Å². The summed E-state index contributed by atoms with van der Waals surface area (Å²) in [6, 6.07) is 14.8. The lowest BCUT2D eigenvalue weighted by molar-refractivity contribution is -0.138. The zero-order valence-corrected chi connectivity index (χ0v) is 18.6. The van der Waals surface area contributed by atoms with Crippen LogP contribution in [0.1, 0.15) is 47.8 Å². The van der Waals surface area contributed by atoms with Crippen molar-refractivity contribution in [3.05, 3.63) is 65.0 Å². The Kier molecular flexibility index (Phi) is 5.87. The van der Waals surface area contributed by atoms with Crippen LogP contribution in [0.3, 0.4) is 0 Å². The van der Waals surface area contributed by atoms with Crippen molar-refractivity contribution in [3.63, 3.8) is 0 Å². The number of nitrogens with zero attached hydrogens (tertiary/aromatic N) is 3. The number of carbonyl (C=O) groups excluding carboxylic acids is 2. The lowest BCUT2D eigenvalue weighted by Crippen LogP contribution is -2.46. The molecule has 0 bridgehead atoms. The quantitative estimate of drug-likeness (QED) is 0.576. The number of rotatable bonds is 3. The molecule has 166 valence electrons. The Bertz CT molecular complexity index is 1080. The maximum atomic E-state index is 13.1. The summed E-state index contributed by atoms with van der Waals surface area (Å²) in [6.45, 7) is 2.67. The molecule has 32 heavy (non-hydrogen) atoms. The van der Waals surface area contributed by atoms with E-state index in [-0.39, 0.29) is 23.7 Å². The lowest BCUT2D eigenvalue weighted by atomic mass is 9.91. The van der Waals surface area contributed by atoms with E-state index in [1.54, 1.807) is 24.3 Å². The van der Waals surface area contributed by atoms with Crippen molar-refractivity contribution < 1.29 is 14.0 Å². The summed E-state index contributed by atoms with van der Waals surface area (Å²) in [6.07, 6.45) is 3.16. The van der Waals surface area contributed by atoms with Gasteiger partial charge in [-0.1, -0.05) is 23.7 Å². The molecule has 2 fully saturated rings. The van der Waals surface area contributed by atoms with Gasteiger partial charge >= 0.3 is 0 Å². The summed E-state index contributed by atoms with van der Waals surface area (Å²) >= 11 is 5.92. The average Bonchev–Trinajstić information content (AvgIpc) is 3.28. The van der Waals surface area contributed by atoms with E-state index in [9.17, 15) is 9.59 Å². The van der Waals surface area contributed by atoms with Gasteiger partial charge in [0.2, 0.25) is 5.91 Å². The van der Waals surface area contributed by atoms with Crippen molar-refractivity contribution in [1.29, 1.82) is 0 Å². The molecule has 0 N–H and O–H groups in total. The molecule has 2 amide bonds. The van der Waals surface area contributed by atoms with E-state index >= 15 is 0 Å². The Hall–Kier alpha value is -2.86. The first-order valence-corrected chi connectivity index (χ1v) is 11.7. The minimum absolute atomic E-state index is 0.00622. The Morgan fingerprint density at radius 2 is 1.53 bits per heavy atom. The van der Waals surface area contributed by atoms with Crippen molar-refractivity contribution in [3.8, 4) is 0 Å². The first kappa shape index (κ1) is 21.0. The van der Waals surface area contributed by atoms with Crippen LogP contribution in [0, 0.1) is 5.92 Å². The topological polar surface area (TPSA) is 66.7 Å². The molecule has 2 aliphatic heterocycles. The van der Waals surface area contributed by atoms with E-state index in [4.69, 9.17) is 16.0 Å². The molecule has 0 saturated carbocycles. The summed E-state index contributed by atoms with van der Waals surface area (Å²) in [4.78, 5) is 34.2. The van der Waals surface area contributed by atoms with Crippen LogP contribution in [-0.4, -0.2) is 52.8 Å². The van der Waals surface area contributed by atoms with Crippen LogP contribution < -0.4 is 0 Å². The highest BCUT2D eigenvalue weighted by atomic mass is 35.5. The molecule has 1 aromatic heterocycles. The number of amides is 2. The zero-order valence-electron chi connectivity index (χ0n) is 17.9. The molecule has 2 aromatic carbocycles. The van der Waals surface area contributed by atoms with Crippen LogP contribution in [0.15, 0.2) is 52.9 Å². The Labute approximate surface area is 192 Å². The van der Waals surface area contributed by atoms with Gasteiger partial charge < -0.3 is 14.2 Å². The molecule has 7 heteroatoms. The smallest absolute Gasteiger partial charge is 0.253 e. The van der Waals surface area contributed by atoms with E-state index in [1.165, 1.54) is 0 Å². The number of hydrogen-bond donors (Lipinski definition) is 0. The van der Waals surface area contributed by atoms with Gasteiger partial charge in [0, 0.05) is 48.6 Å². The molecule has 3 aromatic rings. The van der Waals surface area contributed by atoms with Gasteiger partial charge in [0.1, 0.15) is 5.52 Å². The number of fused-ring (bicyclic) bond motifs is 1. The molecule has 5 rings (SSSR count). The molecule has 3 heterocycles. The van der Waals surface area contributed by atoms with Crippen LogP contribution in [0.2, 0.25) is 5.02 Å². The molecule has 0 atom stereocenters. The molecule has 2 aliphatic rings. The predicted molar refractivity (Wildman–Crippen MR) is 123 cm³/mol. The third-order valence-corrected chi connectivity index (χ3v) is 6.94. The van der Waals surface area contributed by atoms with Crippen LogP contribution in [0.5, 0.6) is 0 Å². The Morgan fingerprint density at radius 3 is 2.22 bits per heavy atom. The Balaban J connectivity index is 1.13. The fraction of sp³-hybridized carbons (Fsp3) is 0.400. The molecule has 0 spiro atoms. The van der Waals surface area contributed by atoms with Gasteiger partial charge in [0.25, 0.3) is 5.91 Å². The Morgan fingerprint density at radius 1 is 0.875 bits per heavy atom. The maximum absolute atomic E-state index is 13.1. The van der Waals surface area contributed by atoms with Gasteiger partial charge in [0.05, 0.1) is 0 Å². The van der Waals surface area contributed by atoms with Gasteiger partial charge in [-0.25, -0.2) is 4.98 Å². The maximum Gasteiger partial charge on any atom is 0.253 e. The van der Waals surface area contributed by atoms with E-state index in [0.29, 0.717) is 36.5 Å². The van der Waals surface area contributed by atoms with Crippen molar-refractivity contribution >= 4 is 34.5 Å². The summed E-state index contributed by atoms with van der Waals surface area (Å²) in [7, 11) is 0. The monoisotopic (exact) mass is 451 g/mol. The van der Waals surface area contributed by atoms with Gasteiger partial charge in [-0.3, -0.25) is 9.59 Å². The lowest BCUT2D eigenvalue weighted by Gasteiger charge is -2.36. The molecule has 0 unspecified atom stereocenters. The first-order valence-electron chi connectivity index (χ1n) is 11.3. The fourth-order valence-corrected chi connectivity index (χ4v) is 4.90. The number of piperidine rings is 2. The number of benzene rings is 2. The molecule has 0 radical (unpaired) electrons. The summed E-state index contributed by atoms with van der Waals surface area (Å²) in [5, 5.41) is 0.616. The first-order chi connectivity index (χ1) is 15.6. The predicted octanol–water partition coefficient (Wildman–Crippen LogP) is 4.74. The standard InChI is InChI=1S/C25H26ClN3O3/c26-20-7-5-18(6-8-20)24(30)29-15-11-19(12-16-29)25(31)28-13-9-17(10-14-28)23-27-21-3-1-2-4-22(21)32-23/h1-8,17,19H,9-16H2. The van der Waals surface area contributed by atoms with Crippen molar-refractivity contribution in [1.82, 2.24) is 14.8 Å². The van der Waals surface area contributed by atoms with E-state index in [2.05, 4.69) is 4.98 Å². The largest absolute Gasteiger partial charge is 0.440 e. The number of oxazole rings is 1. The normalized spacial score (nSPS) is 18.3. The molecule has 0 aliphatic carbocycles. The number of hydrogen-bond acceptors (Lipinski definition) is 4. The highest BCUT2D eigenvalue weighted by Gasteiger charge is 2.33. The minimum atomic E-state index is -0.00913. The van der Waals surface area contributed by atoms with E-state index in [1.807, 2.05) is 34.1 Å². The number of halogens is 1. The number of likely N-dealkylation sites (tertiary alicyclic amines) is 2. The van der Waals surface area contributed by atoms with Gasteiger partial charge in [-0.05, 0) is 62.1 Å². The summed E-state index contributed by atoms with van der Waals surface area (Å²) in [5.41, 5.74) is 2.35. The third-order valence-electron chi connectivity index (χ3n) is 6.69. The van der Waals surface area contributed by atoms with Crippen LogP contribution in [0.4, 0.5) is 0 Å². The number of para-hydroxylation sites is 2. The highest BCUT2D eigenvalue weighted by Crippen LogP contribution is 2.31. The zero-order chi connectivity index (χ0) is 22.1. The molecule has 6 nitrogen and oxygen atoms in total. The van der Waals surface area contributed by atoms with E-state index < -0.39 is 0 Å². The van der Waals surface area contributed by atoms with Crippen molar-refractivity contribution in [2.45, 2.75) is 31.6 Å². The second kappa shape index (κ2) is 8.94. The van der Waals surface area contributed by atoms with Gasteiger partial charge in [-0.15, -0.1) is 0 Å². The second-order valence-electron chi connectivity index (χ2n) is 8.69. The highest BCUT2D eigenvalue weighted by molar-refractivity contribution is 6.30. The van der Waals surface area contributed by atoms with E-state index in [0.717, 1.165) is 42.9 Å². The summed E-state index contributed by atoms with van der Waals surface area (Å²) < 4.78 is 5.94. The molecular weight excluding hydrogens is 426 g/mol. The minimum Gasteiger partial charge on any atom is -0.440 e. The molecule has 2 saturated heterocycles. The SMILES string of the molecule is O=C(c1ccc(Cl)cc1)N1CCC(C(=O)N2CCC(c3nc4ccccc4o3)CC2)CC1. The summed E-state index contributed by atoms with van der Waals surface area (Å²) in [5.74, 6) is 1.26. The molecular formula is C25H26ClN3O3. The van der Waals surface area contributed by atoms with Crippen LogP contribution in [-0.2, 0) is 4.79 Å². The second-order valence-corrected chi connectivity index (χ2v) is 9.13. The van der Waals surface area contributed by atoms with Crippen LogP contribution >= 0.6 is 11.6 Å². The van der Waals surface area contributed by atoms with Gasteiger partial charge in [-0.2, -0.15) is 0 Å². The number of aromatic nitrogens is 1. The fourth-order valence-electron chi connectivity index (χ4n) is 4.77. The average molecular weight is 452 g/mol. The van der Waals surface area contributed by atoms with Crippen LogP contribution in [0.25, 0.3) is 11.1 Å². The van der Waals surface area contributed by atoms with Crippen molar-refractivity contribution in [2.75, 3.05) is 26.2 Å². The third kappa shape index (κ3) is 4.24. The number of carbonyl (C=O) groups is 2. The van der Waals surface area contributed by atoms with Crippen molar-refractivity contribution in [2.24, 2.45) is 5.92 Å².